The fourth-order valence-corrected chi connectivity index (χ4v) is 0.932. The smallest absolute Gasteiger partial charge is 0.275 e. The average Bonchev–Trinajstić information content (AvgIpc) is 1.77. The van der Waals surface area contributed by atoms with Gasteiger partial charge in [0.2, 0.25) is 9.84 Å². The van der Waals surface area contributed by atoms with Crippen LogP contribution in [-0.2, 0) is 14.6 Å². The number of carbonyl (C=O) groups is 1. The predicted octanol–water partition coefficient (Wildman–Crippen LogP) is -0.517. The van der Waals surface area contributed by atoms with Gasteiger partial charge in [-0.25, -0.2) is 8.42 Å². The SMILES string of the molecule is O=C1C=NC=CS1(=O)=O. The number of rotatable bonds is 0. The molecule has 0 N–H and O–H groups in total. The maximum atomic E-state index is 10.5. The van der Waals surface area contributed by atoms with Crippen LogP contribution in [0.5, 0.6) is 0 Å². The van der Waals surface area contributed by atoms with E-state index in [-0.39, 0.29) is 0 Å². The monoisotopic (exact) mass is 145 g/mol. The van der Waals surface area contributed by atoms with E-state index >= 15 is 0 Å². The first-order chi connectivity index (χ1) is 4.13. The molecule has 1 aliphatic heterocycles. The third-order valence-corrected chi connectivity index (χ3v) is 1.93. The van der Waals surface area contributed by atoms with E-state index in [0.717, 1.165) is 17.8 Å². The number of nitrogens with zero attached hydrogens (tertiary/aromatic N) is 1. The third-order valence-electron chi connectivity index (χ3n) is 0.786. The molecular weight excluding hydrogens is 142 g/mol. The Balaban J connectivity index is 3.22. The number of aliphatic imine (C=N–C) groups is 1. The van der Waals surface area contributed by atoms with Crippen LogP contribution in [0.1, 0.15) is 0 Å². The quantitative estimate of drug-likeness (QED) is 0.461. The van der Waals surface area contributed by atoms with Gasteiger partial charge in [0.15, 0.2) is 0 Å². The molecule has 1 rings (SSSR count). The molecule has 0 saturated heterocycles. The molecule has 0 aromatic carbocycles. The minimum absolute atomic E-state index is 0.773. The lowest BCUT2D eigenvalue weighted by Gasteiger charge is -1.92. The van der Waals surface area contributed by atoms with Gasteiger partial charge in [-0.1, -0.05) is 0 Å². The molecule has 0 aromatic heterocycles. The number of carbonyl (C=O) groups excluding carboxylic acids is 1. The van der Waals surface area contributed by atoms with Crippen LogP contribution >= 0.6 is 0 Å². The van der Waals surface area contributed by atoms with Crippen molar-refractivity contribution in [3.63, 3.8) is 0 Å². The van der Waals surface area contributed by atoms with Gasteiger partial charge in [-0.3, -0.25) is 9.79 Å². The van der Waals surface area contributed by atoms with Crippen LogP contribution in [0.25, 0.3) is 0 Å². The highest BCUT2D eigenvalue weighted by Gasteiger charge is 2.17. The van der Waals surface area contributed by atoms with Gasteiger partial charge in [0.05, 0.1) is 11.6 Å². The molecular formula is C4H3NO3S. The van der Waals surface area contributed by atoms with E-state index in [0.29, 0.717) is 0 Å². The van der Waals surface area contributed by atoms with Crippen LogP contribution in [0.4, 0.5) is 0 Å². The van der Waals surface area contributed by atoms with Crippen molar-refractivity contribution >= 4 is 21.2 Å². The van der Waals surface area contributed by atoms with Crippen molar-refractivity contribution in [2.24, 2.45) is 4.99 Å². The van der Waals surface area contributed by atoms with Crippen LogP contribution in [-0.4, -0.2) is 19.7 Å². The van der Waals surface area contributed by atoms with Crippen LogP contribution in [0, 0.1) is 0 Å². The number of hydrogen-bond donors (Lipinski definition) is 0. The van der Waals surface area contributed by atoms with E-state index < -0.39 is 15.0 Å². The minimum Gasteiger partial charge on any atom is -0.275 e. The second kappa shape index (κ2) is 1.77. The zero-order valence-electron chi connectivity index (χ0n) is 4.31. The van der Waals surface area contributed by atoms with Crippen molar-refractivity contribution in [1.29, 1.82) is 0 Å². The highest BCUT2D eigenvalue weighted by atomic mass is 32.2. The van der Waals surface area contributed by atoms with Gasteiger partial charge >= 0.3 is 0 Å². The molecule has 0 fully saturated rings. The average molecular weight is 145 g/mol. The van der Waals surface area contributed by atoms with Crippen LogP contribution < -0.4 is 0 Å². The Kier molecular flexibility index (Phi) is 1.21. The summed E-state index contributed by atoms with van der Waals surface area (Å²) in [7, 11) is -3.63. The maximum Gasteiger partial charge on any atom is 0.291 e. The van der Waals surface area contributed by atoms with Gasteiger partial charge in [0.25, 0.3) is 5.12 Å². The molecule has 4 nitrogen and oxygen atoms in total. The number of hydrogen-bond acceptors (Lipinski definition) is 4. The Morgan fingerprint density at radius 2 is 2.11 bits per heavy atom. The van der Waals surface area contributed by atoms with Gasteiger partial charge in [-0.2, -0.15) is 0 Å². The lowest BCUT2D eigenvalue weighted by atomic mass is 10.8. The minimum atomic E-state index is -3.63. The Morgan fingerprint density at radius 1 is 1.44 bits per heavy atom. The van der Waals surface area contributed by atoms with E-state index in [4.69, 9.17) is 0 Å². The number of sulfone groups is 1. The van der Waals surface area contributed by atoms with Crippen LogP contribution in [0.2, 0.25) is 0 Å². The molecule has 0 unspecified atom stereocenters. The molecule has 0 radical (unpaired) electrons. The molecule has 0 aromatic rings. The van der Waals surface area contributed by atoms with Crippen LogP contribution in [0.15, 0.2) is 16.6 Å². The summed E-state index contributed by atoms with van der Waals surface area (Å²) in [6, 6.07) is 0. The van der Waals surface area contributed by atoms with Crippen molar-refractivity contribution in [1.82, 2.24) is 0 Å². The fraction of sp³-hybridized carbons (Fsp3) is 0. The lowest BCUT2D eigenvalue weighted by Crippen LogP contribution is -2.14. The summed E-state index contributed by atoms with van der Waals surface area (Å²) < 4.78 is 20.9. The first-order valence-electron chi connectivity index (χ1n) is 2.12. The summed E-state index contributed by atoms with van der Waals surface area (Å²) in [5.41, 5.74) is 0. The molecule has 1 heterocycles. The first kappa shape index (κ1) is 6.15. The molecule has 0 spiro atoms. The highest BCUT2D eigenvalue weighted by molar-refractivity contribution is 8.10. The van der Waals surface area contributed by atoms with Crippen LogP contribution in [0.3, 0.4) is 0 Å². The van der Waals surface area contributed by atoms with E-state index in [2.05, 4.69) is 4.99 Å². The van der Waals surface area contributed by atoms with E-state index in [9.17, 15) is 13.2 Å². The predicted molar refractivity (Wildman–Crippen MR) is 31.6 cm³/mol. The van der Waals surface area contributed by atoms with Gasteiger partial charge in [-0.15, -0.1) is 0 Å². The molecule has 0 bridgehead atoms. The molecule has 9 heavy (non-hydrogen) atoms. The van der Waals surface area contributed by atoms with Gasteiger partial charge < -0.3 is 0 Å². The topological polar surface area (TPSA) is 63.6 Å². The second-order valence-electron chi connectivity index (χ2n) is 1.43. The molecule has 0 atom stereocenters. The van der Waals surface area contributed by atoms with Crippen molar-refractivity contribution in [2.45, 2.75) is 0 Å². The molecule has 1 aliphatic rings. The summed E-state index contributed by atoms with van der Waals surface area (Å²) in [4.78, 5) is 13.6. The maximum absolute atomic E-state index is 10.5. The summed E-state index contributed by atoms with van der Waals surface area (Å²) >= 11 is 0. The molecule has 0 amide bonds. The van der Waals surface area contributed by atoms with E-state index in [1.165, 1.54) is 0 Å². The third kappa shape index (κ3) is 1.05. The Labute approximate surface area is 51.8 Å². The second-order valence-corrected chi connectivity index (χ2v) is 3.19. The van der Waals surface area contributed by atoms with E-state index in [1.54, 1.807) is 0 Å². The Hall–Kier alpha value is -0.970. The Bertz CT molecular complexity index is 285. The summed E-state index contributed by atoms with van der Waals surface area (Å²) in [5.74, 6) is 0. The van der Waals surface area contributed by atoms with Gasteiger partial charge in [-0.05, 0) is 0 Å². The zero-order valence-corrected chi connectivity index (χ0v) is 5.13. The fourth-order valence-electron chi connectivity index (χ4n) is 0.360. The standard InChI is InChI=1S/C4H3NO3S/c6-4-3-5-1-2-9(4,7)8/h1-3H. The summed E-state index contributed by atoms with van der Waals surface area (Å²) in [6.07, 6.45) is 1.84. The molecule has 48 valence electrons. The largest absolute Gasteiger partial charge is 0.291 e. The van der Waals surface area contributed by atoms with Crippen molar-refractivity contribution in [3.05, 3.63) is 11.6 Å². The molecule has 5 heteroatoms. The Morgan fingerprint density at radius 3 is 2.44 bits per heavy atom. The summed E-state index contributed by atoms with van der Waals surface area (Å²) in [6.45, 7) is 0. The van der Waals surface area contributed by atoms with Crippen molar-refractivity contribution in [2.75, 3.05) is 0 Å². The molecule has 0 aliphatic carbocycles. The van der Waals surface area contributed by atoms with E-state index in [1.807, 2.05) is 0 Å². The first-order valence-corrected chi connectivity index (χ1v) is 3.66. The van der Waals surface area contributed by atoms with Crippen molar-refractivity contribution in [3.8, 4) is 0 Å². The lowest BCUT2D eigenvalue weighted by molar-refractivity contribution is -0.105. The summed E-state index contributed by atoms with van der Waals surface area (Å²) in [5, 5.41) is -0.181. The molecule has 0 saturated carbocycles. The van der Waals surface area contributed by atoms with Gasteiger partial charge in [0.1, 0.15) is 0 Å². The van der Waals surface area contributed by atoms with Gasteiger partial charge in [0, 0.05) is 6.20 Å². The zero-order chi connectivity index (χ0) is 6.91. The van der Waals surface area contributed by atoms with Crippen molar-refractivity contribution < 1.29 is 13.2 Å². The normalized spacial score (nSPS) is 22.4. The highest BCUT2D eigenvalue weighted by Crippen LogP contribution is 1.97.